The quantitative estimate of drug-likeness (QED) is 0.587. The van der Waals surface area contributed by atoms with Gasteiger partial charge in [0.15, 0.2) is 5.17 Å². The first-order valence-electron chi connectivity index (χ1n) is 9.23. The Labute approximate surface area is 187 Å². The van der Waals surface area contributed by atoms with Crippen molar-refractivity contribution in [3.63, 3.8) is 0 Å². The molecule has 1 atom stereocenters. The van der Waals surface area contributed by atoms with Gasteiger partial charge in [0.25, 0.3) is 10.0 Å². The van der Waals surface area contributed by atoms with Gasteiger partial charge < -0.3 is 5.32 Å². The molecule has 0 bridgehead atoms. The molecule has 1 aliphatic heterocycles. The van der Waals surface area contributed by atoms with Gasteiger partial charge in [-0.15, -0.1) is 15.7 Å². The lowest BCUT2D eigenvalue weighted by atomic mass is 10.2. The van der Waals surface area contributed by atoms with E-state index in [0.29, 0.717) is 11.4 Å². The van der Waals surface area contributed by atoms with E-state index in [1.54, 1.807) is 66.0 Å². The minimum absolute atomic E-state index is 0.0297. The molecule has 4 rings (SSSR count). The van der Waals surface area contributed by atoms with Crippen LogP contribution in [0, 0.1) is 0 Å². The summed E-state index contributed by atoms with van der Waals surface area (Å²) in [6.45, 7) is 0. The smallest absolute Gasteiger partial charge is 0.294 e. The number of para-hydroxylation sites is 2. The third kappa shape index (κ3) is 4.87. The number of amidine groups is 1. The number of hydrogen-bond donors (Lipinski definition) is 1. The number of carbonyl (C=O) groups excluding carboxylic acids is 2. The summed E-state index contributed by atoms with van der Waals surface area (Å²) in [5.74, 6) is -0.730. The fourth-order valence-electron chi connectivity index (χ4n) is 2.93. The Bertz CT molecular complexity index is 1210. The summed E-state index contributed by atoms with van der Waals surface area (Å²) in [6.07, 6.45) is -0.111. The fourth-order valence-corrected chi connectivity index (χ4v) is 6.24. The number of benzene rings is 2. The van der Waals surface area contributed by atoms with Crippen molar-refractivity contribution >= 4 is 61.5 Å². The van der Waals surface area contributed by atoms with Crippen LogP contribution in [0.5, 0.6) is 0 Å². The van der Waals surface area contributed by atoms with Gasteiger partial charge in [0.05, 0.1) is 5.69 Å². The predicted molar refractivity (Wildman–Crippen MR) is 124 cm³/mol. The van der Waals surface area contributed by atoms with Crippen LogP contribution in [-0.2, 0) is 19.6 Å². The van der Waals surface area contributed by atoms with E-state index in [1.165, 1.54) is 11.0 Å². The van der Waals surface area contributed by atoms with E-state index < -0.39 is 15.3 Å². The summed E-state index contributed by atoms with van der Waals surface area (Å²) in [4.78, 5) is 26.9. The molecule has 158 valence electrons. The number of sulfonamides is 1. The minimum Gasteiger partial charge on any atom is -0.326 e. The van der Waals surface area contributed by atoms with Crippen LogP contribution < -0.4 is 10.2 Å². The van der Waals surface area contributed by atoms with Crippen LogP contribution >= 0.6 is 23.1 Å². The molecule has 0 saturated carbocycles. The normalized spacial score (nSPS) is 17.8. The van der Waals surface area contributed by atoms with Crippen LogP contribution in [0.25, 0.3) is 0 Å². The molecule has 1 fully saturated rings. The predicted octanol–water partition coefficient (Wildman–Crippen LogP) is 3.97. The third-order valence-electron chi connectivity index (χ3n) is 4.33. The maximum Gasteiger partial charge on any atom is 0.294 e. The van der Waals surface area contributed by atoms with Gasteiger partial charge in [-0.3, -0.25) is 14.5 Å². The zero-order chi connectivity index (χ0) is 21.8. The Morgan fingerprint density at radius 3 is 2.32 bits per heavy atom. The van der Waals surface area contributed by atoms with E-state index >= 15 is 0 Å². The van der Waals surface area contributed by atoms with Gasteiger partial charge in [-0.1, -0.05) is 54.2 Å². The minimum atomic E-state index is -3.97. The lowest BCUT2D eigenvalue weighted by Crippen LogP contribution is -2.33. The van der Waals surface area contributed by atoms with Crippen LogP contribution in [0.2, 0.25) is 0 Å². The molecule has 1 aliphatic rings. The Morgan fingerprint density at radius 1 is 1.00 bits per heavy atom. The van der Waals surface area contributed by atoms with Crippen molar-refractivity contribution in [3.05, 3.63) is 78.2 Å². The molecule has 10 heteroatoms. The maximum atomic E-state index is 13.1. The number of nitrogens with one attached hydrogen (secondary N) is 1. The molecule has 0 radical (unpaired) electrons. The number of nitrogens with zero attached hydrogens (tertiary/aromatic N) is 2. The number of thioether (sulfide) groups is 1. The monoisotopic (exact) mass is 471 g/mol. The van der Waals surface area contributed by atoms with Crippen LogP contribution in [0.4, 0.5) is 11.4 Å². The maximum absolute atomic E-state index is 13.1. The molecular weight excluding hydrogens is 454 g/mol. The first-order chi connectivity index (χ1) is 14.9. The van der Waals surface area contributed by atoms with Gasteiger partial charge in [0.2, 0.25) is 11.8 Å². The summed E-state index contributed by atoms with van der Waals surface area (Å²) < 4.78 is 29.4. The van der Waals surface area contributed by atoms with Crippen LogP contribution in [0.1, 0.15) is 6.42 Å². The van der Waals surface area contributed by atoms with E-state index in [-0.39, 0.29) is 27.6 Å². The molecule has 2 heterocycles. The highest BCUT2D eigenvalue weighted by Crippen LogP contribution is 2.35. The molecule has 1 unspecified atom stereocenters. The second kappa shape index (κ2) is 9.04. The number of amides is 2. The van der Waals surface area contributed by atoms with Gasteiger partial charge in [0, 0.05) is 12.1 Å². The molecule has 0 aliphatic carbocycles. The number of carbonyl (C=O) groups is 2. The Balaban J connectivity index is 1.62. The number of thiophene rings is 1. The summed E-state index contributed by atoms with van der Waals surface area (Å²) in [5.41, 5.74) is 1.11. The third-order valence-corrected chi connectivity index (χ3v) is 8.22. The van der Waals surface area contributed by atoms with Gasteiger partial charge in [0.1, 0.15) is 9.46 Å². The van der Waals surface area contributed by atoms with E-state index in [9.17, 15) is 18.0 Å². The van der Waals surface area contributed by atoms with Crippen LogP contribution in [0.3, 0.4) is 0 Å². The molecule has 7 nitrogen and oxygen atoms in total. The highest BCUT2D eigenvalue weighted by Gasteiger charge is 2.41. The number of hydrogen-bond acceptors (Lipinski definition) is 6. The number of anilines is 2. The zero-order valence-electron chi connectivity index (χ0n) is 16.0. The van der Waals surface area contributed by atoms with E-state index in [2.05, 4.69) is 9.71 Å². The summed E-state index contributed by atoms with van der Waals surface area (Å²) in [6, 6.07) is 20.7. The van der Waals surface area contributed by atoms with E-state index in [1.807, 2.05) is 6.07 Å². The molecule has 1 saturated heterocycles. The molecule has 1 N–H and O–H groups in total. The highest BCUT2D eigenvalue weighted by molar-refractivity contribution is 8.16. The van der Waals surface area contributed by atoms with Crippen molar-refractivity contribution in [3.8, 4) is 0 Å². The lowest BCUT2D eigenvalue weighted by Gasteiger charge is -2.16. The number of rotatable bonds is 6. The lowest BCUT2D eigenvalue weighted by molar-refractivity contribution is -0.121. The molecular formula is C21H17N3O4S3. The standard InChI is InChI=1S/C21H17N3O4S3/c25-18(22-15-8-3-1-4-9-15)14-17-20(26)24(16-10-5-2-6-11-16)21(30-17)23-31(27,28)19-12-7-13-29-19/h1-13,17H,14H2,(H,22,25)/b23-21+. The average molecular weight is 472 g/mol. The zero-order valence-corrected chi connectivity index (χ0v) is 18.5. The van der Waals surface area contributed by atoms with Crippen LogP contribution in [0.15, 0.2) is 86.8 Å². The first kappa shape index (κ1) is 21.3. The molecule has 2 amide bonds. The van der Waals surface area contributed by atoms with Crippen molar-refractivity contribution < 1.29 is 18.0 Å². The van der Waals surface area contributed by atoms with Crippen molar-refractivity contribution in [1.82, 2.24) is 0 Å². The van der Waals surface area contributed by atoms with Crippen molar-refractivity contribution in [1.29, 1.82) is 0 Å². The van der Waals surface area contributed by atoms with E-state index in [4.69, 9.17) is 0 Å². The highest BCUT2D eigenvalue weighted by atomic mass is 32.2. The molecule has 2 aromatic carbocycles. The Hall–Kier alpha value is -2.95. The van der Waals surface area contributed by atoms with E-state index in [0.717, 1.165) is 23.1 Å². The summed E-state index contributed by atoms with van der Waals surface area (Å²) >= 11 is 2.03. The van der Waals surface area contributed by atoms with Gasteiger partial charge in [-0.25, -0.2) is 0 Å². The SMILES string of the molecule is O=C(CC1S/C(=N/S(=O)(=O)c2cccs2)N(c2ccccc2)C1=O)Nc1ccccc1. The van der Waals surface area contributed by atoms with Gasteiger partial charge >= 0.3 is 0 Å². The molecule has 3 aromatic rings. The summed E-state index contributed by atoms with van der Waals surface area (Å²) in [5, 5.41) is 3.63. The molecule has 0 spiro atoms. The van der Waals surface area contributed by atoms with Crippen molar-refractivity contribution in [2.45, 2.75) is 15.9 Å². The fraction of sp³-hybridized carbons (Fsp3) is 0.0952. The van der Waals surface area contributed by atoms with Gasteiger partial charge in [-0.05, 0) is 35.7 Å². The molecule has 31 heavy (non-hydrogen) atoms. The first-order valence-corrected chi connectivity index (χ1v) is 12.4. The topological polar surface area (TPSA) is 95.9 Å². The van der Waals surface area contributed by atoms with Crippen molar-refractivity contribution in [2.75, 3.05) is 10.2 Å². The van der Waals surface area contributed by atoms with Crippen molar-refractivity contribution in [2.24, 2.45) is 4.40 Å². The Morgan fingerprint density at radius 2 is 1.68 bits per heavy atom. The second-order valence-electron chi connectivity index (χ2n) is 6.52. The summed E-state index contributed by atoms with van der Waals surface area (Å²) in [7, 11) is -3.97. The Kier molecular flexibility index (Phi) is 6.21. The van der Waals surface area contributed by atoms with Gasteiger partial charge in [-0.2, -0.15) is 8.42 Å². The average Bonchev–Trinajstić information content (AvgIpc) is 3.39. The second-order valence-corrected chi connectivity index (χ2v) is 10.5. The largest absolute Gasteiger partial charge is 0.326 e. The molecule has 1 aromatic heterocycles. The van der Waals surface area contributed by atoms with Crippen LogP contribution in [-0.4, -0.2) is 30.6 Å².